The van der Waals surface area contributed by atoms with Gasteiger partial charge >= 0.3 is 0 Å². The van der Waals surface area contributed by atoms with Crippen molar-refractivity contribution in [2.75, 3.05) is 24.7 Å². The smallest absolute Gasteiger partial charge is 0.242 e. The summed E-state index contributed by atoms with van der Waals surface area (Å²) in [5.74, 6) is -0.259. The van der Waals surface area contributed by atoms with Crippen molar-refractivity contribution in [3.8, 4) is 0 Å². The van der Waals surface area contributed by atoms with Gasteiger partial charge in [0, 0.05) is 18.8 Å². The largest absolute Gasteiger partial charge is 0.314 e. The molecule has 0 spiro atoms. The second-order valence-corrected chi connectivity index (χ2v) is 6.63. The van der Waals surface area contributed by atoms with Crippen molar-refractivity contribution in [1.29, 1.82) is 0 Å². The number of rotatable bonds is 5. The van der Waals surface area contributed by atoms with Crippen LogP contribution in [0.25, 0.3) is 0 Å². The number of likely N-dealkylation sites (N-methyl/N-ethyl adjacent to an activating group) is 1. The maximum absolute atomic E-state index is 12.1. The molecular formula is C13H20N2O3S. The molecule has 5 nitrogen and oxygen atoms in total. The maximum Gasteiger partial charge on any atom is 0.242 e. The lowest BCUT2D eigenvalue weighted by atomic mass is 10.3. The van der Waals surface area contributed by atoms with E-state index in [0.29, 0.717) is 0 Å². The lowest BCUT2D eigenvalue weighted by molar-refractivity contribution is -0.118. The number of anilines is 1. The Labute approximate surface area is 114 Å². The summed E-state index contributed by atoms with van der Waals surface area (Å²) in [7, 11) is -1.75. The van der Waals surface area contributed by atoms with Gasteiger partial charge in [-0.25, -0.2) is 8.42 Å². The third kappa shape index (κ3) is 4.33. The molecule has 1 rings (SSSR count). The number of hydrogen-bond donors (Lipinski definition) is 0. The van der Waals surface area contributed by atoms with E-state index in [1.165, 1.54) is 9.21 Å². The van der Waals surface area contributed by atoms with Crippen LogP contribution >= 0.6 is 0 Å². The van der Waals surface area contributed by atoms with Crippen LogP contribution in [0.4, 0.5) is 5.69 Å². The standard InChI is InChI=1S/C13H20N2O3S/c1-11(2)15(19(4,17)18)10-13(16)14(3)12-8-6-5-7-9-12/h5-9,11H,10H2,1-4H3. The quantitative estimate of drug-likeness (QED) is 0.819. The summed E-state index contributed by atoms with van der Waals surface area (Å²) in [5, 5.41) is 0. The molecule has 0 unspecified atom stereocenters. The van der Waals surface area contributed by atoms with Crippen LogP contribution in [-0.4, -0.2) is 44.5 Å². The average Bonchev–Trinajstić information content (AvgIpc) is 2.34. The summed E-state index contributed by atoms with van der Waals surface area (Å²) >= 11 is 0. The van der Waals surface area contributed by atoms with Gasteiger partial charge in [0.2, 0.25) is 15.9 Å². The van der Waals surface area contributed by atoms with Gasteiger partial charge in [-0.05, 0) is 26.0 Å². The van der Waals surface area contributed by atoms with Gasteiger partial charge < -0.3 is 4.90 Å². The molecule has 106 valence electrons. The van der Waals surface area contributed by atoms with Crippen molar-refractivity contribution < 1.29 is 13.2 Å². The molecule has 0 radical (unpaired) electrons. The molecule has 0 aliphatic heterocycles. The highest BCUT2D eigenvalue weighted by atomic mass is 32.2. The van der Waals surface area contributed by atoms with Crippen LogP contribution in [0.1, 0.15) is 13.8 Å². The Kier molecular flexibility index (Phi) is 5.08. The molecule has 0 saturated heterocycles. The first-order valence-electron chi connectivity index (χ1n) is 6.02. The predicted octanol–water partition coefficient (Wildman–Crippen LogP) is 1.32. The fraction of sp³-hybridized carbons (Fsp3) is 0.462. The fourth-order valence-electron chi connectivity index (χ4n) is 1.72. The van der Waals surface area contributed by atoms with Crippen LogP contribution in [0.15, 0.2) is 30.3 Å². The molecule has 0 N–H and O–H groups in total. The Bertz CT molecular complexity index is 526. The second-order valence-electron chi connectivity index (χ2n) is 4.69. The molecule has 0 fully saturated rings. The molecule has 1 aromatic carbocycles. The summed E-state index contributed by atoms with van der Waals surface area (Å²) in [6.07, 6.45) is 1.11. The first-order chi connectivity index (χ1) is 8.73. The molecule has 0 saturated carbocycles. The first-order valence-corrected chi connectivity index (χ1v) is 7.86. The molecule has 1 amide bonds. The number of amides is 1. The van der Waals surface area contributed by atoms with Gasteiger partial charge in [0.05, 0.1) is 12.8 Å². The minimum Gasteiger partial charge on any atom is -0.314 e. The highest BCUT2D eigenvalue weighted by Crippen LogP contribution is 2.13. The van der Waals surface area contributed by atoms with Crippen LogP contribution < -0.4 is 4.90 Å². The lowest BCUT2D eigenvalue weighted by Gasteiger charge is -2.26. The summed E-state index contributed by atoms with van der Waals surface area (Å²) in [6, 6.07) is 8.88. The van der Waals surface area contributed by atoms with Gasteiger partial charge in [0.15, 0.2) is 0 Å². The van der Waals surface area contributed by atoms with E-state index in [-0.39, 0.29) is 18.5 Å². The number of carbonyl (C=O) groups is 1. The van der Waals surface area contributed by atoms with Crippen LogP contribution in [0.3, 0.4) is 0 Å². The Balaban J connectivity index is 2.84. The molecule has 0 aromatic heterocycles. The zero-order chi connectivity index (χ0) is 14.6. The lowest BCUT2D eigenvalue weighted by Crippen LogP contribution is -2.44. The zero-order valence-electron chi connectivity index (χ0n) is 11.7. The van der Waals surface area contributed by atoms with Crippen molar-refractivity contribution >= 4 is 21.6 Å². The van der Waals surface area contributed by atoms with E-state index in [1.54, 1.807) is 33.0 Å². The van der Waals surface area contributed by atoms with Gasteiger partial charge in [-0.3, -0.25) is 4.79 Å². The third-order valence-electron chi connectivity index (χ3n) is 2.81. The fourth-order valence-corrected chi connectivity index (χ4v) is 2.83. The van der Waals surface area contributed by atoms with E-state index in [4.69, 9.17) is 0 Å². The van der Waals surface area contributed by atoms with Crippen molar-refractivity contribution in [2.45, 2.75) is 19.9 Å². The van der Waals surface area contributed by atoms with E-state index in [1.807, 2.05) is 18.2 Å². The van der Waals surface area contributed by atoms with E-state index < -0.39 is 10.0 Å². The molecular weight excluding hydrogens is 264 g/mol. The van der Waals surface area contributed by atoms with Gasteiger partial charge in [-0.2, -0.15) is 4.31 Å². The molecule has 0 atom stereocenters. The Morgan fingerprint density at radius 2 is 1.74 bits per heavy atom. The highest BCUT2D eigenvalue weighted by molar-refractivity contribution is 7.88. The van der Waals surface area contributed by atoms with E-state index >= 15 is 0 Å². The van der Waals surface area contributed by atoms with Gasteiger partial charge in [0.25, 0.3) is 0 Å². The Morgan fingerprint density at radius 3 is 2.16 bits per heavy atom. The second kappa shape index (κ2) is 6.16. The van der Waals surface area contributed by atoms with E-state index in [2.05, 4.69) is 0 Å². The molecule has 6 heteroatoms. The number of sulfonamides is 1. The van der Waals surface area contributed by atoms with Crippen LogP contribution in [0.5, 0.6) is 0 Å². The van der Waals surface area contributed by atoms with Gasteiger partial charge in [0.1, 0.15) is 0 Å². The number of carbonyl (C=O) groups excluding carboxylic acids is 1. The SMILES string of the molecule is CC(C)N(CC(=O)N(C)c1ccccc1)S(C)(=O)=O. The van der Waals surface area contributed by atoms with E-state index in [9.17, 15) is 13.2 Å². The third-order valence-corrected chi connectivity index (χ3v) is 4.21. The minimum atomic E-state index is -3.39. The van der Waals surface area contributed by atoms with Gasteiger partial charge in [-0.15, -0.1) is 0 Å². The molecule has 0 aliphatic rings. The minimum absolute atomic E-state index is 0.151. The normalized spacial score (nSPS) is 11.9. The van der Waals surface area contributed by atoms with Crippen LogP contribution in [0.2, 0.25) is 0 Å². The Morgan fingerprint density at radius 1 is 1.21 bits per heavy atom. The molecule has 19 heavy (non-hydrogen) atoms. The average molecular weight is 284 g/mol. The van der Waals surface area contributed by atoms with Gasteiger partial charge in [-0.1, -0.05) is 18.2 Å². The molecule has 0 aliphatic carbocycles. The monoisotopic (exact) mass is 284 g/mol. The number of hydrogen-bond acceptors (Lipinski definition) is 3. The number of benzene rings is 1. The number of nitrogens with zero attached hydrogens (tertiary/aromatic N) is 2. The first kappa shape index (κ1) is 15.7. The van der Waals surface area contributed by atoms with Crippen molar-refractivity contribution in [3.05, 3.63) is 30.3 Å². The summed E-state index contributed by atoms with van der Waals surface area (Å²) in [5.41, 5.74) is 0.740. The van der Waals surface area contributed by atoms with Crippen molar-refractivity contribution in [2.24, 2.45) is 0 Å². The Hall–Kier alpha value is -1.40. The molecule has 1 aromatic rings. The molecule has 0 heterocycles. The topological polar surface area (TPSA) is 57.7 Å². The highest BCUT2D eigenvalue weighted by Gasteiger charge is 2.24. The van der Waals surface area contributed by atoms with Crippen molar-refractivity contribution in [1.82, 2.24) is 4.31 Å². The van der Waals surface area contributed by atoms with Crippen LogP contribution in [-0.2, 0) is 14.8 Å². The summed E-state index contributed by atoms with van der Waals surface area (Å²) < 4.78 is 24.4. The zero-order valence-corrected chi connectivity index (χ0v) is 12.5. The molecule has 0 bridgehead atoms. The predicted molar refractivity (Wildman–Crippen MR) is 76.5 cm³/mol. The van der Waals surface area contributed by atoms with Crippen molar-refractivity contribution in [3.63, 3.8) is 0 Å². The maximum atomic E-state index is 12.1. The van der Waals surface area contributed by atoms with Crippen LogP contribution in [0, 0.1) is 0 Å². The van der Waals surface area contributed by atoms with E-state index in [0.717, 1.165) is 11.9 Å². The summed E-state index contributed by atoms with van der Waals surface area (Å²) in [4.78, 5) is 13.6. The summed E-state index contributed by atoms with van der Waals surface area (Å²) in [6.45, 7) is 3.34. The number of para-hydroxylation sites is 1.